The fourth-order valence-corrected chi connectivity index (χ4v) is 4.30. The van der Waals surface area contributed by atoms with Crippen LogP contribution in [0.2, 0.25) is 0 Å². The lowest BCUT2D eigenvalue weighted by Crippen LogP contribution is -2.36. The summed E-state index contributed by atoms with van der Waals surface area (Å²) >= 11 is 0. The van der Waals surface area contributed by atoms with Crippen molar-refractivity contribution in [1.29, 1.82) is 0 Å². The Labute approximate surface area is 205 Å². The summed E-state index contributed by atoms with van der Waals surface area (Å²) in [5.74, 6) is 0.457. The Balaban J connectivity index is 1.18. The average molecular weight is 493 g/mol. The number of benzene rings is 1. The summed E-state index contributed by atoms with van der Waals surface area (Å²) in [6.45, 7) is 0. The quantitative estimate of drug-likeness (QED) is 0.332. The van der Waals surface area contributed by atoms with E-state index in [-0.39, 0.29) is 17.8 Å². The van der Waals surface area contributed by atoms with Crippen LogP contribution in [0.5, 0.6) is 11.6 Å². The summed E-state index contributed by atoms with van der Waals surface area (Å²) in [5, 5.41) is 3.12. The second kappa shape index (κ2) is 9.85. The smallest absolute Gasteiger partial charge is 0.417 e. The second-order valence-corrected chi connectivity index (χ2v) is 8.71. The molecule has 5 rings (SSSR count). The van der Waals surface area contributed by atoms with E-state index in [9.17, 15) is 18.0 Å². The third-order valence-corrected chi connectivity index (χ3v) is 6.16. The zero-order valence-corrected chi connectivity index (χ0v) is 19.2. The number of fused-ring (bicyclic) bond motifs is 1. The summed E-state index contributed by atoms with van der Waals surface area (Å²) < 4.78 is 43.8. The van der Waals surface area contributed by atoms with Gasteiger partial charge >= 0.3 is 6.18 Å². The van der Waals surface area contributed by atoms with Crippen molar-refractivity contribution in [2.75, 3.05) is 0 Å². The Bertz CT molecular complexity index is 1400. The molecule has 1 saturated carbocycles. The van der Waals surface area contributed by atoms with Crippen LogP contribution < -0.4 is 10.1 Å². The van der Waals surface area contributed by atoms with E-state index in [0.29, 0.717) is 16.8 Å². The van der Waals surface area contributed by atoms with E-state index in [1.807, 2.05) is 30.3 Å². The van der Waals surface area contributed by atoms with E-state index in [0.717, 1.165) is 49.0 Å². The van der Waals surface area contributed by atoms with Crippen LogP contribution in [0.3, 0.4) is 0 Å². The third kappa shape index (κ3) is 5.40. The van der Waals surface area contributed by atoms with Crippen LogP contribution in [-0.2, 0) is 6.18 Å². The first-order valence-corrected chi connectivity index (χ1v) is 11.6. The minimum absolute atomic E-state index is 0.0868. The summed E-state index contributed by atoms with van der Waals surface area (Å²) in [7, 11) is 0. The van der Waals surface area contributed by atoms with Gasteiger partial charge in [0.05, 0.1) is 16.6 Å². The molecule has 0 radical (unpaired) electrons. The van der Waals surface area contributed by atoms with Gasteiger partial charge in [-0.15, -0.1) is 0 Å². The molecule has 0 aliphatic heterocycles. The zero-order valence-electron chi connectivity index (χ0n) is 19.2. The largest absolute Gasteiger partial charge is 0.439 e. The first kappa shape index (κ1) is 23.6. The molecule has 1 aliphatic rings. The predicted molar refractivity (Wildman–Crippen MR) is 130 cm³/mol. The van der Waals surface area contributed by atoms with Crippen LogP contribution >= 0.6 is 0 Å². The molecule has 1 amide bonds. The SMILES string of the molecule is O=C(NC1CCC(=Cc2cccc(Oc3ccc(C(F)(F)F)cn3)c2)CC1)c1c[nH]c2cccnc12. The molecule has 0 unspecified atom stereocenters. The zero-order chi connectivity index (χ0) is 25.1. The number of pyridine rings is 2. The molecule has 0 saturated heterocycles. The molecule has 36 heavy (non-hydrogen) atoms. The number of nitrogens with zero attached hydrogens (tertiary/aromatic N) is 2. The van der Waals surface area contributed by atoms with Gasteiger partial charge < -0.3 is 15.0 Å². The maximum Gasteiger partial charge on any atom is 0.417 e. The van der Waals surface area contributed by atoms with Gasteiger partial charge in [0.15, 0.2) is 0 Å². The van der Waals surface area contributed by atoms with Crippen LogP contribution in [-0.4, -0.2) is 26.9 Å². The molecule has 4 aromatic rings. The van der Waals surface area contributed by atoms with E-state index in [4.69, 9.17) is 4.74 Å². The van der Waals surface area contributed by atoms with Gasteiger partial charge in [0.1, 0.15) is 11.3 Å². The summed E-state index contributed by atoms with van der Waals surface area (Å²) in [5.41, 5.74) is 3.42. The maximum atomic E-state index is 12.8. The topological polar surface area (TPSA) is 79.9 Å². The molecule has 0 bridgehead atoms. The first-order valence-electron chi connectivity index (χ1n) is 11.6. The number of rotatable bonds is 5. The highest BCUT2D eigenvalue weighted by molar-refractivity contribution is 6.05. The molecule has 1 aliphatic carbocycles. The number of amides is 1. The molecule has 2 N–H and O–H groups in total. The lowest BCUT2D eigenvalue weighted by molar-refractivity contribution is -0.137. The van der Waals surface area contributed by atoms with Gasteiger partial charge in [-0.05, 0) is 61.6 Å². The van der Waals surface area contributed by atoms with E-state index >= 15 is 0 Å². The number of alkyl halides is 3. The number of carbonyl (C=O) groups is 1. The van der Waals surface area contributed by atoms with Crippen LogP contribution in [0.25, 0.3) is 17.1 Å². The van der Waals surface area contributed by atoms with Gasteiger partial charge in [-0.3, -0.25) is 9.78 Å². The Morgan fingerprint density at radius 1 is 1.08 bits per heavy atom. The van der Waals surface area contributed by atoms with Crippen molar-refractivity contribution in [2.45, 2.75) is 37.9 Å². The highest BCUT2D eigenvalue weighted by atomic mass is 19.4. The molecule has 9 heteroatoms. The number of aromatic amines is 1. The molecule has 0 atom stereocenters. The fourth-order valence-electron chi connectivity index (χ4n) is 4.30. The van der Waals surface area contributed by atoms with Gasteiger partial charge in [-0.1, -0.05) is 23.8 Å². The van der Waals surface area contributed by atoms with Gasteiger partial charge in [0.2, 0.25) is 5.88 Å². The standard InChI is InChI=1S/C27H23F3N4O2/c28-27(29,30)19-8-11-24(33-15-19)36-21-4-1-3-18(14-21)13-17-6-9-20(10-7-17)34-26(35)22-16-32-23-5-2-12-31-25(22)23/h1-5,8,11-16,20,32H,6-7,9-10H2,(H,34,35). The van der Waals surface area contributed by atoms with Crippen molar-refractivity contribution in [1.82, 2.24) is 20.3 Å². The van der Waals surface area contributed by atoms with Crippen LogP contribution in [0.1, 0.15) is 47.2 Å². The van der Waals surface area contributed by atoms with Crippen molar-refractivity contribution in [3.63, 3.8) is 0 Å². The normalized spacial score (nSPS) is 16.1. The van der Waals surface area contributed by atoms with Gasteiger partial charge in [-0.25, -0.2) is 4.98 Å². The Hall–Kier alpha value is -4.14. The van der Waals surface area contributed by atoms with Crippen molar-refractivity contribution in [3.05, 3.63) is 89.4 Å². The highest BCUT2D eigenvalue weighted by Crippen LogP contribution is 2.31. The fraction of sp³-hybridized carbons (Fsp3) is 0.222. The van der Waals surface area contributed by atoms with E-state index in [1.54, 1.807) is 18.5 Å². The van der Waals surface area contributed by atoms with Gasteiger partial charge in [0.25, 0.3) is 5.91 Å². The second-order valence-electron chi connectivity index (χ2n) is 8.71. The monoisotopic (exact) mass is 492 g/mol. The van der Waals surface area contributed by atoms with Crippen molar-refractivity contribution in [3.8, 4) is 11.6 Å². The third-order valence-electron chi connectivity index (χ3n) is 6.16. The summed E-state index contributed by atoms with van der Waals surface area (Å²) in [6.07, 6.45) is 5.14. The molecule has 0 spiro atoms. The number of hydrogen-bond donors (Lipinski definition) is 2. The first-order chi connectivity index (χ1) is 17.3. The number of H-pyrrole nitrogens is 1. The van der Waals surface area contributed by atoms with Gasteiger partial charge in [-0.2, -0.15) is 13.2 Å². The van der Waals surface area contributed by atoms with Crippen molar-refractivity contribution >= 4 is 23.0 Å². The van der Waals surface area contributed by atoms with Crippen LogP contribution in [0.4, 0.5) is 13.2 Å². The number of hydrogen-bond acceptors (Lipinski definition) is 4. The molecular weight excluding hydrogens is 469 g/mol. The molecule has 1 aromatic carbocycles. The molecule has 3 heterocycles. The molecule has 3 aromatic heterocycles. The van der Waals surface area contributed by atoms with E-state index < -0.39 is 11.7 Å². The Morgan fingerprint density at radius 3 is 2.67 bits per heavy atom. The van der Waals surface area contributed by atoms with Crippen molar-refractivity contribution < 1.29 is 22.7 Å². The van der Waals surface area contributed by atoms with Crippen molar-refractivity contribution in [2.24, 2.45) is 0 Å². The average Bonchev–Trinajstić information content (AvgIpc) is 3.30. The Kier molecular flexibility index (Phi) is 6.45. The number of halogens is 3. The number of aromatic nitrogens is 3. The lowest BCUT2D eigenvalue weighted by Gasteiger charge is -2.25. The number of allylic oxidation sites excluding steroid dienone is 1. The highest BCUT2D eigenvalue weighted by Gasteiger charge is 2.30. The summed E-state index contributed by atoms with van der Waals surface area (Å²) in [6, 6.07) is 13.3. The van der Waals surface area contributed by atoms with Crippen LogP contribution in [0.15, 0.2) is 72.7 Å². The summed E-state index contributed by atoms with van der Waals surface area (Å²) in [4.78, 5) is 23.9. The number of nitrogens with one attached hydrogen (secondary N) is 2. The predicted octanol–water partition coefficient (Wildman–Crippen LogP) is 6.53. The van der Waals surface area contributed by atoms with E-state index in [1.165, 1.54) is 11.6 Å². The molecule has 184 valence electrons. The molecular formula is C27H23F3N4O2. The molecule has 1 fully saturated rings. The number of carbonyl (C=O) groups excluding carboxylic acids is 1. The Morgan fingerprint density at radius 2 is 1.92 bits per heavy atom. The number of ether oxygens (including phenoxy) is 1. The maximum absolute atomic E-state index is 12.8. The minimum Gasteiger partial charge on any atom is -0.439 e. The van der Waals surface area contributed by atoms with Gasteiger partial charge in [0, 0.05) is 30.7 Å². The molecule has 6 nitrogen and oxygen atoms in total. The van der Waals surface area contributed by atoms with E-state index in [2.05, 4.69) is 26.3 Å². The van der Waals surface area contributed by atoms with Crippen LogP contribution in [0, 0.1) is 0 Å². The minimum atomic E-state index is -4.44. The lowest BCUT2D eigenvalue weighted by atomic mass is 9.89.